The maximum Gasteiger partial charge on any atom is 0.172 e. The molecule has 16 heavy (non-hydrogen) atoms. The number of nitrogens with one attached hydrogen (secondary N) is 1. The Kier molecular flexibility index (Phi) is 3.03. The summed E-state index contributed by atoms with van der Waals surface area (Å²) < 4.78 is 11.9. The zero-order valence-corrected chi connectivity index (χ0v) is 11.4. The lowest BCUT2D eigenvalue weighted by molar-refractivity contribution is -0.212. The highest BCUT2D eigenvalue weighted by atomic mass is 35.5. The van der Waals surface area contributed by atoms with Gasteiger partial charge in [0.05, 0.1) is 18.6 Å². The monoisotopic (exact) mass is 247 g/mol. The summed E-state index contributed by atoms with van der Waals surface area (Å²) in [7, 11) is 0. The Morgan fingerprint density at radius 3 is 2.19 bits per heavy atom. The molecular weight excluding hydrogens is 226 g/mol. The maximum atomic E-state index is 6.02. The van der Waals surface area contributed by atoms with Crippen LogP contribution in [-0.2, 0) is 9.47 Å². The fourth-order valence-corrected chi connectivity index (χ4v) is 3.44. The molecule has 0 saturated carbocycles. The van der Waals surface area contributed by atoms with Crippen molar-refractivity contribution >= 4 is 11.6 Å². The van der Waals surface area contributed by atoms with Crippen LogP contribution in [0.3, 0.4) is 0 Å². The molecule has 2 fully saturated rings. The molecule has 3 nitrogen and oxygen atoms in total. The van der Waals surface area contributed by atoms with Gasteiger partial charge in [-0.2, -0.15) is 0 Å². The quantitative estimate of drug-likeness (QED) is 0.722. The second-order valence-electron chi connectivity index (χ2n) is 6.36. The van der Waals surface area contributed by atoms with Crippen LogP contribution in [-0.4, -0.2) is 35.5 Å². The summed E-state index contributed by atoms with van der Waals surface area (Å²) in [5, 5.41) is 3.62. The predicted octanol–water partition coefficient (Wildman–Crippen LogP) is 2.28. The van der Waals surface area contributed by atoms with E-state index in [1.807, 2.05) is 0 Å². The van der Waals surface area contributed by atoms with Crippen LogP contribution < -0.4 is 5.32 Å². The third kappa shape index (κ3) is 2.53. The van der Waals surface area contributed by atoms with Gasteiger partial charge in [0.15, 0.2) is 5.79 Å². The third-order valence-corrected chi connectivity index (χ3v) is 3.53. The molecule has 0 aromatic heterocycles. The van der Waals surface area contributed by atoms with Crippen molar-refractivity contribution < 1.29 is 9.47 Å². The van der Waals surface area contributed by atoms with Gasteiger partial charge in [-0.15, -0.1) is 11.6 Å². The Bertz CT molecular complexity index is 262. The lowest BCUT2D eigenvalue weighted by Gasteiger charge is -2.50. The van der Waals surface area contributed by atoms with E-state index >= 15 is 0 Å². The highest BCUT2D eigenvalue weighted by molar-refractivity contribution is 6.18. The molecule has 94 valence electrons. The van der Waals surface area contributed by atoms with E-state index in [1.165, 1.54) is 0 Å². The molecule has 0 bridgehead atoms. The van der Waals surface area contributed by atoms with E-state index in [4.69, 9.17) is 21.1 Å². The van der Waals surface area contributed by atoms with Gasteiger partial charge in [-0.1, -0.05) is 0 Å². The predicted molar refractivity (Wildman–Crippen MR) is 64.8 cm³/mol. The molecule has 4 heteroatoms. The zero-order valence-electron chi connectivity index (χ0n) is 10.6. The summed E-state index contributed by atoms with van der Waals surface area (Å²) in [6.07, 6.45) is 1.79. The van der Waals surface area contributed by atoms with Crippen LogP contribution in [0.25, 0.3) is 0 Å². The van der Waals surface area contributed by atoms with Gasteiger partial charge in [-0.05, 0) is 27.7 Å². The van der Waals surface area contributed by atoms with Crippen molar-refractivity contribution in [2.75, 3.05) is 12.5 Å². The zero-order chi connectivity index (χ0) is 12.0. The van der Waals surface area contributed by atoms with Gasteiger partial charge in [-0.25, -0.2) is 0 Å². The first-order valence-electron chi connectivity index (χ1n) is 5.93. The first-order valence-corrected chi connectivity index (χ1v) is 6.47. The molecule has 2 aliphatic heterocycles. The lowest BCUT2D eigenvalue weighted by atomic mass is 9.79. The van der Waals surface area contributed by atoms with Crippen LogP contribution in [0.4, 0.5) is 0 Å². The van der Waals surface area contributed by atoms with Crippen LogP contribution in [0, 0.1) is 0 Å². The minimum Gasteiger partial charge on any atom is -0.347 e. The van der Waals surface area contributed by atoms with Gasteiger partial charge < -0.3 is 14.8 Å². The van der Waals surface area contributed by atoms with Gasteiger partial charge in [-0.3, -0.25) is 0 Å². The standard InChI is InChI=1S/C12H22ClNO2/c1-10(2)7-12(8-11(3,4)14-10)15-6-9(5-13)16-12/h9,14H,5-8H2,1-4H3. The van der Waals surface area contributed by atoms with Gasteiger partial charge in [0.25, 0.3) is 0 Å². The van der Waals surface area contributed by atoms with Crippen molar-refractivity contribution in [3.63, 3.8) is 0 Å². The van der Waals surface area contributed by atoms with E-state index < -0.39 is 5.79 Å². The van der Waals surface area contributed by atoms with Gasteiger partial charge in [0.2, 0.25) is 0 Å². The molecule has 0 aromatic carbocycles. The van der Waals surface area contributed by atoms with Crippen molar-refractivity contribution in [2.45, 2.75) is 63.5 Å². The summed E-state index contributed by atoms with van der Waals surface area (Å²) in [6, 6.07) is 0. The molecule has 1 spiro atoms. The summed E-state index contributed by atoms with van der Waals surface area (Å²) >= 11 is 5.83. The minimum atomic E-state index is -0.433. The van der Waals surface area contributed by atoms with E-state index in [9.17, 15) is 0 Å². The molecule has 0 aliphatic carbocycles. The third-order valence-electron chi connectivity index (χ3n) is 3.19. The molecule has 0 radical (unpaired) electrons. The summed E-state index contributed by atoms with van der Waals surface area (Å²) in [5.41, 5.74) is 0.0614. The van der Waals surface area contributed by atoms with E-state index in [-0.39, 0.29) is 17.2 Å². The average Bonchev–Trinajstić information content (AvgIpc) is 2.41. The summed E-state index contributed by atoms with van der Waals surface area (Å²) in [5.74, 6) is 0.0772. The molecule has 0 amide bonds. The molecule has 1 N–H and O–H groups in total. The van der Waals surface area contributed by atoms with Crippen molar-refractivity contribution in [2.24, 2.45) is 0 Å². The number of halogens is 1. The van der Waals surface area contributed by atoms with Crippen LogP contribution in [0.2, 0.25) is 0 Å². The van der Waals surface area contributed by atoms with Crippen LogP contribution in [0.1, 0.15) is 40.5 Å². The number of piperidine rings is 1. The first kappa shape index (κ1) is 12.6. The molecule has 2 saturated heterocycles. The van der Waals surface area contributed by atoms with Crippen molar-refractivity contribution in [3.8, 4) is 0 Å². The van der Waals surface area contributed by atoms with E-state index in [0.717, 1.165) is 12.8 Å². The second kappa shape index (κ2) is 3.84. The molecular formula is C12H22ClNO2. The Hall–Kier alpha value is 0.170. The van der Waals surface area contributed by atoms with Gasteiger partial charge in [0, 0.05) is 23.9 Å². The average molecular weight is 248 g/mol. The fourth-order valence-electron chi connectivity index (χ4n) is 3.29. The molecule has 2 rings (SSSR count). The van der Waals surface area contributed by atoms with E-state index in [0.29, 0.717) is 12.5 Å². The normalized spacial score (nSPS) is 35.4. The molecule has 0 aromatic rings. The van der Waals surface area contributed by atoms with Crippen LogP contribution >= 0.6 is 11.6 Å². The highest BCUT2D eigenvalue weighted by Crippen LogP contribution is 2.42. The van der Waals surface area contributed by atoms with Gasteiger partial charge >= 0.3 is 0 Å². The molecule has 1 atom stereocenters. The summed E-state index contributed by atoms with van der Waals surface area (Å²) in [4.78, 5) is 0. The Balaban J connectivity index is 2.16. The number of hydrogen-bond donors (Lipinski definition) is 1. The molecule has 1 unspecified atom stereocenters. The smallest absolute Gasteiger partial charge is 0.172 e. The maximum absolute atomic E-state index is 6.02. The Morgan fingerprint density at radius 2 is 1.75 bits per heavy atom. The highest BCUT2D eigenvalue weighted by Gasteiger charge is 2.52. The van der Waals surface area contributed by atoms with E-state index in [2.05, 4.69) is 33.0 Å². The van der Waals surface area contributed by atoms with Crippen LogP contribution in [0.15, 0.2) is 0 Å². The molecule has 2 aliphatic rings. The van der Waals surface area contributed by atoms with E-state index in [1.54, 1.807) is 0 Å². The van der Waals surface area contributed by atoms with Gasteiger partial charge in [0.1, 0.15) is 0 Å². The van der Waals surface area contributed by atoms with Crippen molar-refractivity contribution in [3.05, 3.63) is 0 Å². The SMILES string of the molecule is CC1(C)CC2(CC(C)(C)N1)OCC(CCl)O2. The summed E-state index contributed by atoms with van der Waals surface area (Å²) in [6.45, 7) is 9.38. The largest absolute Gasteiger partial charge is 0.347 e. The second-order valence-corrected chi connectivity index (χ2v) is 6.67. The number of hydrogen-bond acceptors (Lipinski definition) is 3. The number of ether oxygens (including phenoxy) is 2. The number of rotatable bonds is 1. The Morgan fingerprint density at radius 1 is 1.19 bits per heavy atom. The number of alkyl halides is 1. The van der Waals surface area contributed by atoms with Crippen molar-refractivity contribution in [1.29, 1.82) is 0 Å². The topological polar surface area (TPSA) is 30.5 Å². The Labute approximate surface area is 103 Å². The molecule has 2 heterocycles. The van der Waals surface area contributed by atoms with Crippen LogP contribution in [0.5, 0.6) is 0 Å². The first-order chi connectivity index (χ1) is 7.26. The minimum absolute atomic E-state index is 0.0307. The fraction of sp³-hybridized carbons (Fsp3) is 1.00. The van der Waals surface area contributed by atoms with Crippen molar-refractivity contribution in [1.82, 2.24) is 5.32 Å². The lowest BCUT2D eigenvalue weighted by Crippen LogP contribution is -2.63.